The van der Waals surface area contributed by atoms with E-state index in [1.807, 2.05) is 12.1 Å². The van der Waals surface area contributed by atoms with Gasteiger partial charge in [0, 0.05) is 12.7 Å². The molecule has 0 aliphatic carbocycles. The van der Waals surface area contributed by atoms with Crippen LogP contribution in [-0.2, 0) is 9.84 Å². The number of hydrogen-bond acceptors (Lipinski definition) is 2. The highest BCUT2D eigenvalue weighted by molar-refractivity contribution is 7.90. The van der Waals surface area contributed by atoms with Gasteiger partial charge in [0.25, 0.3) is 0 Å². The molecule has 0 heterocycles. The minimum atomic E-state index is -3.10. The summed E-state index contributed by atoms with van der Waals surface area (Å²) in [5.41, 5.74) is 1.10. The molecule has 0 aromatic heterocycles. The summed E-state index contributed by atoms with van der Waals surface area (Å²) >= 11 is 0. The first-order chi connectivity index (χ1) is 7.49. The van der Waals surface area contributed by atoms with Gasteiger partial charge in [-0.3, -0.25) is 0 Å². The summed E-state index contributed by atoms with van der Waals surface area (Å²) < 4.78 is 22.6. The lowest BCUT2D eigenvalue weighted by Crippen LogP contribution is -1.99. The Labute approximate surface area is 97.6 Å². The van der Waals surface area contributed by atoms with Gasteiger partial charge < -0.3 is 0 Å². The van der Waals surface area contributed by atoms with Crippen molar-refractivity contribution in [2.45, 2.75) is 30.6 Å². The second-order valence-corrected chi connectivity index (χ2v) is 5.87. The molecule has 2 nitrogen and oxygen atoms in total. The van der Waals surface area contributed by atoms with E-state index < -0.39 is 9.84 Å². The Hall–Kier alpha value is -1.27. The van der Waals surface area contributed by atoms with E-state index >= 15 is 0 Å². The van der Waals surface area contributed by atoms with E-state index in [1.54, 1.807) is 12.1 Å². The number of terminal acetylenes is 1. The molecule has 0 saturated carbocycles. The third-order valence-corrected chi connectivity index (χ3v) is 3.77. The average Bonchev–Trinajstić information content (AvgIpc) is 2.25. The van der Waals surface area contributed by atoms with E-state index in [1.165, 1.54) is 6.26 Å². The van der Waals surface area contributed by atoms with E-state index in [2.05, 4.69) is 12.8 Å². The molecular formula is C13H16O2S. The number of sulfone groups is 1. The maximum Gasteiger partial charge on any atom is 0.175 e. The quantitative estimate of drug-likeness (QED) is 0.753. The van der Waals surface area contributed by atoms with Gasteiger partial charge in [0.05, 0.1) is 4.90 Å². The summed E-state index contributed by atoms with van der Waals surface area (Å²) in [6.07, 6.45) is 8.15. The largest absolute Gasteiger partial charge is 0.224 e. The Morgan fingerprint density at radius 1 is 1.31 bits per heavy atom. The highest BCUT2D eigenvalue weighted by atomic mass is 32.2. The maximum absolute atomic E-state index is 11.3. The van der Waals surface area contributed by atoms with Gasteiger partial charge in [0.2, 0.25) is 0 Å². The lowest BCUT2D eigenvalue weighted by molar-refractivity contribution is 0.601. The molecule has 0 N–H and O–H groups in total. The second kappa shape index (κ2) is 5.18. The van der Waals surface area contributed by atoms with Crippen LogP contribution in [0.2, 0.25) is 0 Å². The molecule has 1 aromatic rings. The van der Waals surface area contributed by atoms with Gasteiger partial charge in [0.1, 0.15) is 0 Å². The summed E-state index contributed by atoms with van der Waals surface area (Å²) in [5, 5.41) is 0. The van der Waals surface area contributed by atoms with E-state index in [0.717, 1.165) is 12.0 Å². The van der Waals surface area contributed by atoms with Crippen LogP contribution in [0.1, 0.15) is 31.2 Å². The van der Waals surface area contributed by atoms with Crippen molar-refractivity contribution in [2.24, 2.45) is 0 Å². The lowest BCUT2D eigenvalue weighted by atomic mass is 9.94. The van der Waals surface area contributed by atoms with Crippen LogP contribution in [0.15, 0.2) is 29.2 Å². The molecule has 0 saturated heterocycles. The van der Waals surface area contributed by atoms with Gasteiger partial charge in [-0.2, -0.15) is 0 Å². The van der Waals surface area contributed by atoms with Crippen molar-refractivity contribution in [3.63, 3.8) is 0 Å². The third-order valence-electron chi connectivity index (χ3n) is 2.64. The summed E-state index contributed by atoms with van der Waals surface area (Å²) in [7, 11) is -3.10. The van der Waals surface area contributed by atoms with Crippen molar-refractivity contribution in [3.05, 3.63) is 29.8 Å². The van der Waals surface area contributed by atoms with Crippen molar-refractivity contribution in [1.29, 1.82) is 0 Å². The van der Waals surface area contributed by atoms with Crippen LogP contribution in [0, 0.1) is 12.3 Å². The summed E-state index contributed by atoms with van der Waals surface area (Å²) in [4.78, 5) is 0.354. The van der Waals surface area contributed by atoms with Gasteiger partial charge in [-0.05, 0) is 30.0 Å². The fourth-order valence-electron chi connectivity index (χ4n) is 1.63. The van der Waals surface area contributed by atoms with E-state index in [0.29, 0.717) is 17.2 Å². The fourth-order valence-corrected chi connectivity index (χ4v) is 2.26. The van der Waals surface area contributed by atoms with Crippen molar-refractivity contribution >= 4 is 9.84 Å². The van der Waals surface area contributed by atoms with Crippen LogP contribution in [0.25, 0.3) is 0 Å². The summed E-state index contributed by atoms with van der Waals surface area (Å²) in [5.74, 6) is 2.96. The number of rotatable bonds is 4. The SMILES string of the molecule is C#CCC(CC)c1ccc(S(C)(=O)=O)cc1. The smallest absolute Gasteiger partial charge is 0.175 e. The predicted molar refractivity (Wildman–Crippen MR) is 66.0 cm³/mol. The minimum absolute atomic E-state index is 0.318. The summed E-state index contributed by atoms with van der Waals surface area (Å²) in [6, 6.07) is 6.98. The Kier molecular flexibility index (Phi) is 4.14. The number of hydrogen-bond donors (Lipinski definition) is 0. The topological polar surface area (TPSA) is 34.1 Å². The zero-order valence-electron chi connectivity index (χ0n) is 9.60. The number of benzene rings is 1. The Morgan fingerprint density at radius 2 is 1.88 bits per heavy atom. The van der Waals surface area contributed by atoms with Crippen molar-refractivity contribution < 1.29 is 8.42 Å². The Bertz CT molecular complexity index is 478. The lowest BCUT2D eigenvalue weighted by Gasteiger charge is -2.12. The molecule has 0 aliphatic heterocycles. The van der Waals surface area contributed by atoms with Crippen LogP contribution in [0.4, 0.5) is 0 Å². The zero-order valence-corrected chi connectivity index (χ0v) is 10.4. The van der Waals surface area contributed by atoms with Crippen LogP contribution >= 0.6 is 0 Å². The highest BCUT2D eigenvalue weighted by Gasteiger charge is 2.10. The van der Waals surface area contributed by atoms with Crippen LogP contribution in [0.5, 0.6) is 0 Å². The Balaban J connectivity index is 2.99. The first kappa shape index (κ1) is 12.8. The Morgan fingerprint density at radius 3 is 2.25 bits per heavy atom. The van der Waals surface area contributed by atoms with Gasteiger partial charge in [0.15, 0.2) is 9.84 Å². The molecule has 16 heavy (non-hydrogen) atoms. The fraction of sp³-hybridized carbons (Fsp3) is 0.385. The molecular weight excluding hydrogens is 220 g/mol. The molecule has 0 bridgehead atoms. The van der Waals surface area contributed by atoms with Crippen molar-refractivity contribution in [3.8, 4) is 12.3 Å². The van der Waals surface area contributed by atoms with Crippen molar-refractivity contribution in [2.75, 3.05) is 6.26 Å². The molecule has 1 unspecified atom stereocenters. The average molecular weight is 236 g/mol. The zero-order chi connectivity index (χ0) is 12.2. The van der Waals surface area contributed by atoms with Crippen LogP contribution < -0.4 is 0 Å². The maximum atomic E-state index is 11.3. The first-order valence-electron chi connectivity index (χ1n) is 5.22. The molecule has 0 amide bonds. The molecule has 0 fully saturated rings. The van der Waals surface area contributed by atoms with Gasteiger partial charge >= 0.3 is 0 Å². The molecule has 3 heteroatoms. The third kappa shape index (κ3) is 3.11. The molecule has 0 spiro atoms. The summed E-state index contributed by atoms with van der Waals surface area (Å²) in [6.45, 7) is 2.08. The van der Waals surface area contributed by atoms with Gasteiger partial charge in [-0.1, -0.05) is 19.1 Å². The van der Waals surface area contributed by atoms with E-state index in [-0.39, 0.29) is 0 Å². The molecule has 0 radical (unpaired) electrons. The molecule has 1 atom stereocenters. The van der Waals surface area contributed by atoms with Crippen LogP contribution in [-0.4, -0.2) is 14.7 Å². The molecule has 86 valence electrons. The van der Waals surface area contributed by atoms with Gasteiger partial charge in [-0.25, -0.2) is 8.42 Å². The second-order valence-electron chi connectivity index (χ2n) is 3.85. The van der Waals surface area contributed by atoms with Gasteiger partial charge in [-0.15, -0.1) is 12.3 Å². The highest BCUT2D eigenvalue weighted by Crippen LogP contribution is 2.23. The van der Waals surface area contributed by atoms with Crippen LogP contribution in [0.3, 0.4) is 0 Å². The standard InChI is InChI=1S/C13H16O2S/c1-4-6-11(5-2)12-7-9-13(10-8-12)16(3,14)15/h1,7-11H,5-6H2,2-3H3. The molecule has 1 aromatic carbocycles. The van der Waals surface area contributed by atoms with E-state index in [9.17, 15) is 8.42 Å². The van der Waals surface area contributed by atoms with E-state index in [4.69, 9.17) is 6.42 Å². The first-order valence-corrected chi connectivity index (χ1v) is 7.11. The molecule has 1 rings (SSSR count). The predicted octanol–water partition coefficient (Wildman–Crippen LogP) is 2.61. The van der Waals surface area contributed by atoms with Crippen molar-refractivity contribution in [1.82, 2.24) is 0 Å². The monoisotopic (exact) mass is 236 g/mol. The molecule has 0 aliphatic rings. The minimum Gasteiger partial charge on any atom is -0.224 e. The normalized spacial score (nSPS) is 13.1.